The predicted octanol–water partition coefficient (Wildman–Crippen LogP) is 2.56. The Morgan fingerprint density at radius 2 is 2.19 bits per heavy atom. The minimum atomic E-state index is -0.555. The fourth-order valence-electron chi connectivity index (χ4n) is 1.44. The lowest BCUT2D eigenvalue weighted by Crippen LogP contribution is -2.40. The van der Waals surface area contributed by atoms with Crippen LogP contribution in [0.1, 0.15) is 26.5 Å². The Labute approximate surface area is 105 Å². The van der Waals surface area contributed by atoms with Crippen molar-refractivity contribution in [1.29, 1.82) is 0 Å². The second-order valence-electron chi connectivity index (χ2n) is 4.22. The van der Waals surface area contributed by atoms with Crippen molar-refractivity contribution in [3.8, 4) is 0 Å². The van der Waals surface area contributed by atoms with Crippen LogP contribution in [0.2, 0.25) is 0 Å². The van der Waals surface area contributed by atoms with Gasteiger partial charge in [0.1, 0.15) is 0 Å². The first-order valence-electron chi connectivity index (χ1n) is 5.38. The number of rotatable bonds is 5. The summed E-state index contributed by atoms with van der Waals surface area (Å²) in [4.78, 5) is 4.23. The molecule has 90 valence electrons. The Morgan fingerprint density at radius 3 is 2.69 bits per heavy atom. The first-order valence-corrected chi connectivity index (χ1v) is 6.17. The van der Waals surface area contributed by atoms with Crippen molar-refractivity contribution in [3.63, 3.8) is 0 Å². The molecule has 0 saturated heterocycles. The number of ether oxygens (including phenoxy) is 1. The van der Waals surface area contributed by atoms with Crippen molar-refractivity contribution in [2.75, 3.05) is 6.61 Å². The van der Waals surface area contributed by atoms with E-state index in [0.29, 0.717) is 13.0 Å². The SMILES string of the molecule is CCOC(C)(C)C(O)Cc1ccc(Br)cn1. The molecule has 3 nitrogen and oxygen atoms in total. The summed E-state index contributed by atoms with van der Waals surface area (Å²) in [7, 11) is 0. The van der Waals surface area contributed by atoms with Gasteiger partial charge in [-0.15, -0.1) is 0 Å². The highest BCUT2D eigenvalue weighted by Gasteiger charge is 2.28. The summed E-state index contributed by atoms with van der Waals surface area (Å²) in [6, 6.07) is 3.82. The maximum Gasteiger partial charge on any atom is 0.0887 e. The van der Waals surface area contributed by atoms with Gasteiger partial charge in [0.15, 0.2) is 0 Å². The lowest BCUT2D eigenvalue weighted by Gasteiger charge is -2.30. The number of pyridine rings is 1. The molecule has 1 N–H and O–H groups in total. The molecular weight excluding hydrogens is 270 g/mol. The Kier molecular flexibility index (Phi) is 4.89. The minimum absolute atomic E-state index is 0.500. The van der Waals surface area contributed by atoms with Crippen LogP contribution in [-0.4, -0.2) is 28.4 Å². The van der Waals surface area contributed by atoms with Crippen molar-refractivity contribution in [2.45, 2.75) is 38.9 Å². The summed E-state index contributed by atoms with van der Waals surface area (Å²) in [6.45, 7) is 6.30. The number of aromatic nitrogens is 1. The third-order valence-electron chi connectivity index (χ3n) is 2.51. The van der Waals surface area contributed by atoms with Gasteiger partial charge >= 0.3 is 0 Å². The quantitative estimate of drug-likeness (QED) is 0.905. The van der Waals surface area contributed by atoms with E-state index in [1.165, 1.54) is 0 Å². The lowest BCUT2D eigenvalue weighted by molar-refractivity contribution is -0.0958. The molecule has 1 heterocycles. The minimum Gasteiger partial charge on any atom is -0.390 e. The molecule has 1 atom stereocenters. The molecule has 4 heteroatoms. The molecule has 0 aromatic carbocycles. The second kappa shape index (κ2) is 5.75. The summed E-state index contributed by atoms with van der Waals surface area (Å²) in [6.07, 6.45) is 1.68. The average molecular weight is 288 g/mol. The molecule has 1 unspecified atom stereocenters. The third-order valence-corrected chi connectivity index (χ3v) is 2.98. The fourth-order valence-corrected chi connectivity index (χ4v) is 1.67. The van der Waals surface area contributed by atoms with Gasteiger partial charge in [0, 0.05) is 29.4 Å². The highest BCUT2D eigenvalue weighted by atomic mass is 79.9. The van der Waals surface area contributed by atoms with Crippen molar-refractivity contribution in [2.24, 2.45) is 0 Å². The number of hydrogen-bond acceptors (Lipinski definition) is 3. The van der Waals surface area contributed by atoms with Crippen LogP contribution in [0.4, 0.5) is 0 Å². The van der Waals surface area contributed by atoms with Crippen LogP contribution in [0.25, 0.3) is 0 Å². The molecule has 0 aliphatic heterocycles. The lowest BCUT2D eigenvalue weighted by atomic mass is 9.97. The summed E-state index contributed by atoms with van der Waals surface area (Å²) in [5, 5.41) is 10.1. The van der Waals surface area contributed by atoms with E-state index in [-0.39, 0.29) is 0 Å². The van der Waals surface area contributed by atoms with Crippen LogP contribution < -0.4 is 0 Å². The molecule has 0 radical (unpaired) electrons. The number of nitrogens with zero attached hydrogens (tertiary/aromatic N) is 1. The molecule has 1 aromatic rings. The molecule has 0 saturated carbocycles. The van der Waals surface area contributed by atoms with E-state index < -0.39 is 11.7 Å². The molecule has 0 spiro atoms. The molecule has 0 aliphatic rings. The topological polar surface area (TPSA) is 42.4 Å². The fraction of sp³-hybridized carbons (Fsp3) is 0.583. The van der Waals surface area contributed by atoms with Gasteiger partial charge in [-0.05, 0) is 48.8 Å². The molecule has 0 amide bonds. The summed E-state index contributed by atoms with van der Waals surface area (Å²) in [5.41, 5.74) is 0.326. The highest BCUT2D eigenvalue weighted by Crippen LogP contribution is 2.18. The first kappa shape index (κ1) is 13.6. The third kappa shape index (κ3) is 3.85. The van der Waals surface area contributed by atoms with Crippen molar-refractivity contribution in [3.05, 3.63) is 28.5 Å². The summed E-state index contributed by atoms with van der Waals surface area (Å²) >= 11 is 3.33. The smallest absolute Gasteiger partial charge is 0.0887 e. The van der Waals surface area contributed by atoms with E-state index in [1.807, 2.05) is 32.9 Å². The van der Waals surface area contributed by atoms with Crippen LogP contribution in [0.3, 0.4) is 0 Å². The number of hydrogen-bond donors (Lipinski definition) is 1. The first-order chi connectivity index (χ1) is 7.45. The van der Waals surface area contributed by atoms with Crippen molar-refractivity contribution < 1.29 is 9.84 Å². The maximum absolute atomic E-state index is 10.1. The number of aliphatic hydroxyl groups excluding tert-OH is 1. The monoisotopic (exact) mass is 287 g/mol. The largest absolute Gasteiger partial charge is 0.390 e. The predicted molar refractivity (Wildman–Crippen MR) is 67.4 cm³/mol. The van der Waals surface area contributed by atoms with Gasteiger partial charge < -0.3 is 9.84 Å². The Bertz CT molecular complexity index is 324. The van der Waals surface area contributed by atoms with Gasteiger partial charge in [-0.3, -0.25) is 4.98 Å². The van der Waals surface area contributed by atoms with Gasteiger partial charge in [0.2, 0.25) is 0 Å². The van der Waals surface area contributed by atoms with Crippen LogP contribution >= 0.6 is 15.9 Å². The molecule has 0 bridgehead atoms. The van der Waals surface area contributed by atoms with Crippen LogP contribution in [0.5, 0.6) is 0 Å². The zero-order valence-corrected chi connectivity index (χ0v) is 11.5. The Balaban J connectivity index is 2.63. The van der Waals surface area contributed by atoms with Gasteiger partial charge in [0.05, 0.1) is 11.7 Å². The van der Waals surface area contributed by atoms with Gasteiger partial charge in [-0.1, -0.05) is 0 Å². The highest BCUT2D eigenvalue weighted by molar-refractivity contribution is 9.10. The van der Waals surface area contributed by atoms with E-state index in [0.717, 1.165) is 10.2 Å². The van der Waals surface area contributed by atoms with Crippen LogP contribution in [0.15, 0.2) is 22.8 Å². The van der Waals surface area contributed by atoms with E-state index in [4.69, 9.17) is 4.74 Å². The molecule has 1 aromatic heterocycles. The molecule has 1 rings (SSSR count). The van der Waals surface area contributed by atoms with Gasteiger partial charge in [0.25, 0.3) is 0 Å². The van der Waals surface area contributed by atoms with E-state index in [9.17, 15) is 5.11 Å². The summed E-state index contributed by atoms with van der Waals surface area (Å²) < 4.78 is 6.44. The van der Waals surface area contributed by atoms with Crippen molar-refractivity contribution >= 4 is 15.9 Å². The van der Waals surface area contributed by atoms with Crippen LogP contribution in [0, 0.1) is 0 Å². The van der Waals surface area contributed by atoms with Gasteiger partial charge in [-0.2, -0.15) is 0 Å². The number of halogens is 1. The standard InChI is InChI=1S/C12H18BrNO2/c1-4-16-12(2,3)11(15)7-10-6-5-9(13)8-14-10/h5-6,8,11,15H,4,7H2,1-3H3. The number of aliphatic hydroxyl groups is 1. The average Bonchev–Trinajstić information content (AvgIpc) is 2.21. The van der Waals surface area contributed by atoms with Crippen LogP contribution in [-0.2, 0) is 11.2 Å². The van der Waals surface area contributed by atoms with E-state index in [1.54, 1.807) is 6.20 Å². The molecule has 16 heavy (non-hydrogen) atoms. The second-order valence-corrected chi connectivity index (χ2v) is 5.14. The molecule has 0 aliphatic carbocycles. The Morgan fingerprint density at radius 1 is 1.50 bits per heavy atom. The zero-order valence-electron chi connectivity index (χ0n) is 9.90. The van der Waals surface area contributed by atoms with Gasteiger partial charge in [-0.25, -0.2) is 0 Å². The molecule has 0 fully saturated rings. The maximum atomic E-state index is 10.1. The van der Waals surface area contributed by atoms with E-state index in [2.05, 4.69) is 20.9 Å². The van der Waals surface area contributed by atoms with Crippen molar-refractivity contribution in [1.82, 2.24) is 4.98 Å². The zero-order chi connectivity index (χ0) is 12.2. The summed E-state index contributed by atoms with van der Waals surface area (Å²) in [5.74, 6) is 0. The normalized spacial score (nSPS) is 13.8. The Hall–Kier alpha value is -0.450. The molecular formula is C12H18BrNO2. The van der Waals surface area contributed by atoms with E-state index >= 15 is 0 Å².